The number of benzene rings is 2. The lowest BCUT2D eigenvalue weighted by Gasteiger charge is -2.58. The number of halogens is 1. The molecule has 0 aliphatic carbocycles. The highest BCUT2D eigenvalue weighted by atomic mass is 19.1. The van der Waals surface area contributed by atoms with Gasteiger partial charge in [-0.3, -0.25) is 4.98 Å². The van der Waals surface area contributed by atoms with Gasteiger partial charge in [-0.05, 0) is 69.4 Å². The zero-order valence-electron chi connectivity index (χ0n) is 49.2. The van der Waals surface area contributed by atoms with Gasteiger partial charge < -0.3 is 9.31 Å². The van der Waals surface area contributed by atoms with Crippen molar-refractivity contribution in [2.75, 3.05) is 0 Å². The molecule has 0 atom stereocenters. The lowest BCUT2D eigenvalue weighted by Crippen LogP contribution is -2.96. The van der Waals surface area contributed by atoms with Gasteiger partial charge in [0.25, 0.3) is 0 Å². The predicted octanol–water partition coefficient (Wildman–Crippen LogP) is -15.8. The highest BCUT2D eigenvalue weighted by molar-refractivity contribution is 8.36. The second-order valence-corrected chi connectivity index (χ2v) is 23.8. The highest BCUT2D eigenvalue weighted by Gasteiger charge is 2.61. The van der Waals surface area contributed by atoms with Gasteiger partial charge >= 0.3 is 7.12 Å². The zero-order valence-corrected chi connectivity index (χ0v) is 49.2. The molecule has 1 aliphatic heterocycles. The number of pyridine rings is 1. The summed E-state index contributed by atoms with van der Waals surface area (Å²) in [5, 5.41) is 0. The Bertz CT molecular complexity index is 2230. The van der Waals surface area contributed by atoms with E-state index in [9.17, 15) is 4.39 Å². The fourth-order valence-corrected chi connectivity index (χ4v) is 12.8. The molecular formula is C24H25B56FNO2. The maximum Gasteiger partial charge on any atom is 0.494 e. The van der Waals surface area contributed by atoms with Gasteiger partial charge in [0, 0.05) is 407 Å². The Morgan fingerprint density at radius 3 is 0.917 bits per heavy atom. The van der Waals surface area contributed by atoms with E-state index < -0.39 is 166 Å². The third kappa shape index (κ3) is 20.0. The smallest absolute Gasteiger partial charge is 0.399 e. The van der Waals surface area contributed by atoms with Gasteiger partial charge in [-0.25, -0.2) is 4.39 Å². The van der Waals surface area contributed by atoms with E-state index in [1.807, 2.05) is 37.4 Å². The molecule has 1 saturated heterocycles. The van der Waals surface area contributed by atoms with Crippen molar-refractivity contribution in [3.8, 4) is 22.4 Å². The van der Waals surface area contributed by atoms with Crippen molar-refractivity contribution in [1.29, 1.82) is 0 Å². The summed E-state index contributed by atoms with van der Waals surface area (Å²) in [6.07, 6.45) is -32.9. The third-order valence-corrected chi connectivity index (χ3v) is 17.3. The molecule has 60 heteroatoms. The van der Waals surface area contributed by atoms with Gasteiger partial charge in [0.05, 0.1) is 16.9 Å². The zero-order chi connectivity index (χ0) is 64.5. The first-order valence-corrected chi connectivity index (χ1v) is 27.8. The van der Waals surface area contributed by atoms with Crippen molar-refractivity contribution >= 4 is 402 Å². The molecule has 2 heterocycles. The van der Waals surface area contributed by atoms with Crippen LogP contribution in [0.5, 0.6) is 0 Å². The van der Waals surface area contributed by atoms with Crippen molar-refractivity contribution in [2.45, 2.75) is 45.8 Å². The van der Waals surface area contributed by atoms with Crippen LogP contribution in [0.2, 0.25) is 0 Å². The second kappa shape index (κ2) is 34.8. The topological polar surface area (TPSA) is 31.4 Å². The number of hydrogen-bond donors (Lipinski definition) is 0. The molecule has 2 aromatic carbocycles. The Morgan fingerprint density at radius 1 is 0.393 bits per heavy atom. The first-order chi connectivity index (χ1) is 38.7. The Kier molecular flexibility index (Phi) is 32.9. The predicted molar refractivity (Wildman–Crippen MR) is 432 cm³/mol. The van der Waals surface area contributed by atoms with Crippen molar-refractivity contribution in [3.05, 3.63) is 72.2 Å². The van der Waals surface area contributed by atoms with Crippen LogP contribution in [-0.2, 0) is 9.31 Å². The maximum absolute atomic E-state index is 13.2. The average Bonchev–Trinajstić information content (AvgIpc) is 3.40. The molecule has 0 saturated carbocycles. The van der Waals surface area contributed by atoms with Crippen molar-refractivity contribution in [1.82, 2.24) is 4.98 Å². The quantitative estimate of drug-likeness (QED) is 0.0650. The van der Waals surface area contributed by atoms with E-state index >= 15 is 0 Å². The number of aryl methyl sites for hydroxylation is 1. The SMILES string of the molecule is Cc1cc(-c2ccc(B3OC(C)(C)C(C)(C)O3)cc2)ncc1-c1ccc(F)cc1.[B][B]B([B])B(B([B])[B])B(B(B(B([B])[B])B([B])[B])B(B([B])[B])B([B])[B])B(B(B(B([B])[B])B([B])[B])B(B([B])[B])B([B])[B])B(B(B([B])[B])B([B])[B])B(B([B])[B])B([B])[B]. The fourth-order valence-electron chi connectivity index (χ4n) is 12.8. The molecule has 4 rings (SSSR count). The van der Waals surface area contributed by atoms with Crippen molar-refractivity contribution < 1.29 is 13.7 Å². The van der Waals surface area contributed by atoms with Crippen LogP contribution in [0.25, 0.3) is 22.4 Å². The molecule has 0 spiro atoms. The molecule has 0 bridgehead atoms. The minimum atomic E-state index is -1.42. The molecule has 3 nitrogen and oxygen atoms in total. The van der Waals surface area contributed by atoms with Gasteiger partial charge in [-0.1, -0.05) is 36.4 Å². The van der Waals surface area contributed by atoms with Crippen LogP contribution in [0.1, 0.15) is 33.3 Å². The van der Waals surface area contributed by atoms with E-state index in [2.05, 4.69) is 38.7 Å². The molecule has 57 radical (unpaired) electrons. The summed E-state index contributed by atoms with van der Waals surface area (Å²) < 4.78 is 25.4. The van der Waals surface area contributed by atoms with E-state index in [-0.39, 0.29) is 24.1 Å². The largest absolute Gasteiger partial charge is 0.494 e. The summed E-state index contributed by atoms with van der Waals surface area (Å²) in [4.78, 5) is 4.63. The minimum Gasteiger partial charge on any atom is -0.399 e. The lowest BCUT2D eigenvalue weighted by atomic mass is 8.23. The van der Waals surface area contributed by atoms with Gasteiger partial charge in [0.1, 0.15) is 5.82 Å². The molecule has 84 heavy (non-hydrogen) atoms. The summed E-state index contributed by atoms with van der Waals surface area (Å²) in [5.41, 5.74) is 5.26. The van der Waals surface area contributed by atoms with E-state index in [1.54, 1.807) is 12.1 Å². The summed E-state index contributed by atoms with van der Waals surface area (Å²) in [6, 6.07) is 16.7. The lowest BCUT2D eigenvalue weighted by molar-refractivity contribution is 0.00578. The Balaban J connectivity index is 0.000000525. The molecule has 0 N–H and O–H groups in total. The number of rotatable bonds is 29. The van der Waals surface area contributed by atoms with Gasteiger partial charge in [0.2, 0.25) is 0 Å². The van der Waals surface area contributed by atoms with E-state index in [1.165, 1.54) is 12.1 Å². The molecule has 1 aliphatic rings. The molecular weight excluding hydrogens is 959 g/mol. The molecule has 1 aromatic heterocycles. The first-order valence-electron chi connectivity index (χ1n) is 27.8. The molecule has 1 fully saturated rings. The minimum absolute atomic E-state index is 0.238. The third-order valence-electron chi connectivity index (χ3n) is 17.3. The Labute approximate surface area is 556 Å². The van der Waals surface area contributed by atoms with Crippen LogP contribution in [-0.4, -0.2) is 413 Å². The van der Waals surface area contributed by atoms with Crippen LogP contribution in [0, 0.1) is 12.7 Å². The highest BCUT2D eigenvalue weighted by Crippen LogP contribution is 2.37. The normalized spacial score (nSPS) is 12.4. The summed E-state index contributed by atoms with van der Waals surface area (Å²) in [7, 11) is 183. The number of nitrogens with zero attached hydrogens (tertiary/aromatic N) is 1. The van der Waals surface area contributed by atoms with Crippen LogP contribution in [0.15, 0.2) is 60.8 Å². The number of hydrogen-bond acceptors (Lipinski definition) is 3. The summed E-state index contributed by atoms with van der Waals surface area (Å²) >= 11 is 0. The Hall–Kier alpha value is 1.08. The fraction of sp³-hybridized carbons (Fsp3) is 0.292. The summed E-state index contributed by atoms with van der Waals surface area (Å²) in [6.45, 7) is 10.3. The van der Waals surface area contributed by atoms with Gasteiger partial charge in [-0.2, -0.15) is 0 Å². The molecule has 313 valence electrons. The van der Waals surface area contributed by atoms with Crippen LogP contribution in [0.4, 0.5) is 4.39 Å². The Morgan fingerprint density at radius 2 is 0.655 bits per heavy atom. The van der Waals surface area contributed by atoms with Crippen molar-refractivity contribution in [2.24, 2.45) is 0 Å². The van der Waals surface area contributed by atoms with E-state index in [0.717, 1.165) is 40.5 Å². The van der Waals surface area contributed by atoms with Gasteiger partial charge in [-0.15, -0.1) is 0 Å². The molecule has 0 unspecified atom stereocenters. The number of aromatic nitrogens is 1. The van der Waals surface area contributed by atoms with E-state index in [0.29, 0.717) is 0 Å². The average molecular weight is 984 g/mol. The van der Waals surface area contributed by atoms with Crippen LogP contribution >= 0.6 is 0 Å². The second-order valence-electron chi connectivity index (χ2n) is 23.8. The maximum atomic E-state index is 13.2. The first kappa shape index (κ1) is 79.3. The monoisotopic (exact) mass is 995 g/mol. The van der Waals surface area contributed by atoms with Gasteiger partial charge in [0.15, 0.2) is 0 Å². The van der Waals surface area contributed by atoms with Crippen molar-refractivity contribution in [3.63, 3.8) is 0 Å². The summed E-state index contributed by atoms with van der Waals surface area (Å²) in [5.74, 6) is -0.238. The molecule has 0 amide bonds. The van der Waals surface area contributed by atoms with E-state index in [4.69, 9.17) is 226 Å². The van der Waals surface area contributed by atoms with Crippen LogP contribution < -0.4 is 5.46 Å². The standard InChI is InChI=1S/C24H25BFNO2.B55/c1-16-14-22(27-15-21(16)17-8-12-20(26)13-9-17)18-6-10-19(11-7-18)25-28-23(2,3)24(4,5)29-25;1-29-43(28)50(42(26)27)54(51(44(30(2)3)31(4)5)45(32(6)7)33(8)9)55(52(46(34(10)11)35(12)13)47(36(14)15)37(16)17)53(48(38(18)19)39(20)21)49(40(22)23)41(24)25/h6-15H,1-5H3;. The van der Waals surface area contributed by atoms with Crippen LogP contribution in [0.3, 0.4) is 0 Å². The molecule has 3 aromatic rings.